The SMILES string of the molecule is O=C1CCC(Nc2ccc3c(c2)OC[C@H]2CN(CC4CCN(c5ccc([C@@H]6c7ccc(O)cc7OC[C@@H]6c6ccccc6)cc5)CC4)CCN32)C(=O)N1. The van der Waals surface area contributed by atoms with E-state index in [4.69, 9.17) is 9.47 Å². The van der Waals surface area contributed by atoms with Crippen LogP contribution >= 0.6 is 0 Å². The van der Waals surface area contributed by atoms with E-state index >= 15 is 0 Å². The molecular weight excluding hydrogens is 667 g/mol. The van der Waals surface area contributed by atoms with E-state index in [1.165, 1.54) is 29.7 Å². The minimum Gasteiger partial charge on any atom is -0.508 e. The number of carbonyl (C=O) groups is 2. The van der Waals surface area contributed by atoms with Gasteiger partial charge in [-0.3, -0.25) is 19.8 Å². The quantitative estimate of drug-likeness (QED) is 0.208. The average molecular weight is 714 g/mol. The lowest BCUT2D eigenvalue weighted by molar-refractivity contribution is -0.133. The van der Waals surface area contributed by atoms with Crippen molar-refractivity contribution in [2.75, 3.05) is 67.6 Å². The lowest BCUT2D eigenvalue weighted by Crippen LogP contribution is -2.58. The first-order valence-corrected chi connectivity index (χ1v) is 19.2. The molecule has 3 fully saturated rings. The fraction of sp³-hybridized carbons (Fsp3) is 0.395. The molecule has 53 heavy (non-hydrogen) atoms. The van der Waals surface area contributed by atoms with Crippen molar-refractivity contribution in [3.63, 3.8) is 0 Å². The van der Waals surface area contributed by atoms with Gasteiger partial charge in [-0.1, -0.05) is 48.5 Å². The highest BCUT2D eigenvalue weighted by Gasteiger charge is 2.36. The summed E-state index contributed by atoms with van der Waals surface area (Å²) in [5.41, 5.74) is 6.88. The van der Waals surface area contributed by atoms with Crippen LogP contribution in [0.25, 0.3) is 0 Å². The first-order chi connectivity index (χ1) is 25.9. The third kappa shape index (κ3) is 6.88. The van der Waals surface area contributed by atoms with E-state index in [-0.39, 0.29) is 29.4 Å². The van der Waals surface area contributed by atoms with Crippen molar-refractivity contribution in [1.29, 1.82) is 0 Å². The normalized spacial score (nSPS) is 24.6. The molecule has 10 nitrogen and oxygen atoms in total. The van der Waals surface area contributed by atoms with Gasteiger partial charge in [-0.25, -0.2) is 0 Å². The van der Waals surface area contributed by atoms with Gasteiger partial charge in [0.2, 0.25) is 11.8 Å². The molecule has 274 valence electrons. The summed E-state index contributed by atoms with van der Waals surface area (Å²) < 4.78 is 12.5. The summed E-state index contributed by atoms with van der Waals surface area (Å²) in [5.74, 6) is 2.38. The number of ether oxygens (including phenoxy) is 2. The number of carbonyl (C=O) groups excluding carboxylic acids is 2. The van der Waals surface area contributed by atoms with Gasteiger partial charge < -0.3 is 29.7 Å². The fourth-order valence-corrected chi connectivity index (χ4v) is 9.15. The van der Waals surface area contributed by atoms with Gasteiger partial charge in [-0.15, -0.1) is 0 Å². The molecule has 0 radical (unpaired) electrons. The zero-order valence-corrected chi connectivity index (χ0v) is 30.0. The molecule has 4 aromatic carbocycles. The largest absolute Gasteiger partial charge is 0.508 e. The zero-order valence-electron chi connectivity index (χ0n) is 30.0. The molecule has 5 heterocycles. The zero-order chi connectivity index (χ0) is 35.9. The van der Waals surface area contributed by atoms with Gasteiger partial charge >= 0.3 is 0 Å². The molecule has 10 heteroatoms. The maximum atomic E-state index is 12.2. The van der Waals surface area contributed by atoms with Crippen LogP contribution in [0.3, 0.4) is 0 Å². The molecule has 9 rings (SSSR count). The van der Waals surface area contributed by atoms with Crippen molar-refractivity contribution < 1.29 is 24.2 Å². The second-order valence-electron chi connectivity index (χ2n) is 15.3. The number of imide groups is 1. The number of phenols is 1. The Morgan fingerprint density at radius 1 is 0.792 bits per heavy atom. The molecule has 0 aromatic heterocycles. The Morgan fingerprint density at radius 2 is 1.60 bits per heavy atom. The van der Waals surface area contributed by atoms with Crippen molar-refractivity contribution in [2.45, 2.75) is 49.6 Å². The van der Waals surface area contributed by atoms with E-state index in [9.17, 15) is 14.7 Å². The summed E-state index contributed by atoms with van der Waals surface area (Å²) >= 11 is 0. The molecule has 3 saturated heterocycles. The van der Waals surface area contributed by atoms with E-state index < -0.39 is 6.04 Å². The maximum absolute atomic E-state index is 12.2. The molecule has 0 aliphatic carbocycles. The first-order valence-electron chi connectivity index (χ1n) is 19.2. The number of anilines is 3. The number of piperidine rings is 2. The van der Waals surface area contributed by atoms with E-state index in [0.717, 1.165) is 67.7 Å². The molecule has 3 N–H and O–H groups in total. The van der Waals surface area contributed by atoms with Gasteiger partial charge in [0, 0.05) is 86.6 Å². The fourth-order valence-electron chi connectivity index (χ4n) is 9.15. The number of aromatic hydroxyl groups is 1. The predicted octanol–water partition coefficient (Wildman–Crippen LogP) is 5.72. The molecule has 0 spiro atoms. The van der Waals surface area contributed by atoms with Gasteiger partial charge in [0.1, 0.15) is 29.9 Å². The Balaban J connectivity index is 0.794. The molecule has 5 aliphatic heterocycles. The van der Waals surface area contributed by atoms with Crippen LogP contribution in [-0.2, 0) is 9.59 Å². The lowest BCUT2D eigenvalue weighted by atomic mass is 9.76. The Morgan fingerprint density at radius 3 is 2.42 bits per heavy atom. The number of fused-ring (bicyclic) bond motifs is 4. The topological polar surface area (TPSA) is 107 Å². The number of nitrogens with one attached hydrogen (secondary N) is 2. The van der Waals surface area contributed by atoms with Gasteiger partial charge in [0.25, 0.3) is 0 Å². The smallest absolute Gasteiger partial charge is 0.249 e. The second kappa shape index (κ2) is 14.3. The number of phenolic OH excluding ortho intramolecular Hbond substituents is 1. The highest BCUT2D eigenvalue weighted by molar-refractivity contribution is 6.01. The van der Waals surface area contributed by atoms with E-state index in [1.54, 1.807) is 12.1 Å². The van der Waals surface area contributed by atoms with Crippen LogP contribution < -0.4 is 29.9 Å². The van der Waals surface area contributed by atoms with Gasteiger partial charge in [-0.2, -0.15) is 0 Å². The third-order valence-electron chi connectivity index (χ3n) is 12.0. The predicted molar refractivity (Wildman–Crippen MR) is 205 cm³/mol. The van der Waals surface area contributed by atoms with Crippen molar-refractivity contribution in [3.8, 4) is 17.2 Å². The van der Waals surface area contributed by atoms with Crippen LogP contribution in [0.4, 0.5) is 17.1 Å². The minimum absolute atomic E-state index is 0.143. The molecule has 1 unspecified atom stereocenters. The molecule has 4 atom stereocenters. The molecule has 4 aromatic rings. The molecule has 2 amide bonds. The molecule has 5 aliphatic rings. The first kappa shape index (κ1) is 33.6. The van der Waals surface area contributed by atoms with Crippen LogP contribution in [0.15, 0.2) is 91.0 Å². The number of nitrogens with zero attached hydrogens (tertiary/aromatic N) is 3. The minimum atomic E-state index is -0.412. The number of rotatable bonds is 7. The lowest BCUT2D eigenvalue weighted by Gasteiger charge is -2.47. The Labute approximate surface area is 310 Å². The Kier molecular flexibility index (Phi) is 9.07. The number of piperazine rings is 1. The average Bonchev–Trinajstić information content (AvgIpc) is 3.19. The Hall–Kier alpha value is -5.22. The van der Waals surface area contributed by atoms with Gasteiger partial charge in [0.15, 0.2) is 0 Å². The standard InChI is InChI=1S/C43H47N5O5/c49-34-11-12-35-39(23-34)53-27-36(29-4-2-1-3-5-29)42(35)30-6-9-32(10-7-30)47-18-16-28(17-19-47)24-46-20-21-48-33(25-46)26-52-40-22-31(8-14-38(40)48)44-37-13-15-41(50)45-43(37)51/h1-12,14,22-23,28,33,36-37,42,44,49H,13,15-21,24-27H2,(H,45,50,51)/t33-,36-,37?,42-/m1/s1. The van der Waals surface area contributed by atoms with E-state index in [2.05, 4.69) is 86.0 Å². The number of hydrogen-bond donors (Lipinski definition) is 3. The molecular formula is C43H47N5O5. The highest BCUT2D eigenvalue weighted by atomic mass is 16.5. The summed E-state index contributed by atoms with van der Waals surface area (Å²) in [6.07, 6.45) is 3.21. The summed E-state index contributed by atoms with van der Waals surface area (Å²) in [7, 11) is 0. The van der Waals surface area contributed by atoms with Gasteiger partial charge in [-0.05, 0) is 66.6 Å². The monoisotopic (exact) mass is 713 g/mol. The maximum Gasteiger partial charge on any atom is 0.249 e. The summed E-state index contributed by atoms with van der Waals surface area (Å²) in [6, 6.07) is 31.3. The summed E-state index contributed by atoms with van der Waals surface area (Å²) in [5, 5.41) is 15.8. The summed E-state index contributed by atoms with van der Waals surface area (Å²) in [4.78, 5) is 31.4. The number of benzene rings is 4. The van der Waals surface area contributed by atoms with E-state index in [1.807, 2.05) is 18.2 Å². The highest BCUT2D eigenvalue weighted by Crippen LogP contribution is 2.47. The van der Waals surface area contributed by atoms with E-state index in [0.29, 0.717) is 38.0 Å². The summed E-state index contributed by atoms with van der Waals surface area (Å²) in [6.45, 7) is 7.46. The van der Waals surface area contributed by atoms with Crippen LogP contribution in [0, 0.1) is 5.92 Å². The van der Waals surface area contributed by atoms with Crippen LogP contribution in [0.2, 0.25) is 0 Å². The second-order valence-corrected chi connectivity index (χ2v) is 15.3. The van der Waals surface area contributed by atoms with Crippen LogP contribution in [0.1, 0.15) is 54.2 Å². The molecule has 0 saturated carbocycles. The van der Waals surface area contributed by atoms with Gasteiger partial charge in [0.05, 0.1) is 18.3 Å². The van der Waals surface area contributed by atoms with Crippen molar-refractivity contribution >= 4 is 28.9 Å². The molecule has 0 bridgehead atoms. The van der Waals surface area contributed by atoms with Crippen molar-refractivity contribution in [3.05, 3.63) is 108 Å². The van der Waals surface area contributed by atoms with Crippen LogP contribution in [0.5, 0.6) is 17.2 Å². The number of amides is 2. The third-order valence-corrected chi connectivity index (χ3v) is 12.0. The number of hydrogen-bond acceptors (Lipinski definition) is 9. The van der Waals surface area contributed by atoms with Crippen molar-refractivity contribution in [1.82, 2.24) is 10.2 Å². The Bertz CT molecular complexity index is 1960. The van der Waals surface area contributed by atoms with Crippen molar-refractivity contribution in [2.24, 2.45) is 5.92 Å². The van der Waals surface area contributed by atoms with Crippen LogP contribution in [-0.4, -0.2) is 86.4 Å².